The van der Waals surface area contributed by atoms with Crippen molar-refractivity contribution in [3.63, 3.8) is 0 Å². The molecule has 3 nitrogen and oxygen atoms in total. The number of carbonyl (C=O) groups excluding carboxylic acids is 1. The Bertz CT molecular complexity index is 195. The largest absolute Gasteiger partial charge is 0.352 e. The molecule has 0 radical (unpaired) electrons. The van der Waals surface area contributed by atoms with Crippen LogP contribution in [0.4, 0.5) is 0 Å². The smallest absolute Gasteiger partial charge is 0.234 e. The average molecular weight is 198 g/mol. The maximum Gasteiger partial charge on any atom is 0.234 e. The Morgan fingerprint density at radius 3 is 2.43 bits per heavy atom. The highest BCUT2D eigenvalue weighted by atomic mass is 16.2. The third kappa shape index (κ3) is 3.29. The number of likely N-dealkylation sites (N-methyl/N-ethyl adjacent to an activating group) is 1. The van der Waals surface area contributed by atoms with Gasteiger partial charge in [0.1, 0.15) is 0 Å². The van der Waals surface area contributed by atoms with Crippen LogP contribution in [0, 0.1) is 11.8 Å². The molecule has 1 rings (SSSR count). The molecule has 0 bridgehead atoms. The minimum absolute atomic E-state index is 0.155. The van der Waals surface area contributed by atoms with E-state index in [1.54, 1.807) is 0 Å². The molecule has 0 aromatic carbocycles. The van der Waals surface area contributed by atoms with Crippen molar-refractivity contribution >= 4 is 5.91 Å². The highest BCUT2D eigenvalue weighted by molar-refractivity contribution is 5.78. The minimum atomic E-state index is 0.155. The Kier molecular flexibility index (Phi) is 3.93. The molecule has 14 heavy (non-hydrogen) atoms. The third-order valence-electron chi connectivity index (χ3n) is 2.94. The second-order valence-electron chi connectivity index (χ2n) is 4.98. The Labute approximate surface area is 86.9 Å². The lowest BCUT2D eigenvalue weighted by Gasteiger charge is -2.38. The van der Waals surface area contributed by atoms with Crippen LogP contribution in [0.5, 0.6) is 0 Å². The van der Waals surface area contributed by atoms with Crippen LogP contribution in [0.25, 0.3) is 0 Å². The Balaban J connectivity index is 2.13. The van der Waals surface area contributed by atoms with E-state index in [1.807, 2.05) is 19.0 Å². The van der Waals surface area contributed by atoms with Crippen molar-refractivity contribution in [1.29, 1.82) is 0 Å². The molecule has 0 spiro atoms. The first-order chi connectivity index (χ1) is 6.49. The molecule has 1 N–H and O–H groups in total. The van der Waals surface area contributed by atoms with Crippen molar-refractivity contribution in [1.82, 2.24) is 10.2 Å². The second kappa shape index (κ2) is 4.78. The average Bonchev–Trinajstić information content (AvgIpc) is 1.93. The summed E-state index contributed by atoms with van der Waals surface area (Å²) in [6, 6.07) is 0.440. The zero-order valence-electron chi connectivity index (χ0n) is 9.71. The fourth-order valence-corrected chi connectivity index (χ4v) is 1.88. The summed E-state index contributed by atoms with van der Waals surface area (Å²) in [5, 5.41) is 3.05. The van der Waals surface area contributed by atoms with Gasteiger partial charge in [0.05, 0.1) is 6.54 Å². The van der Waals surface area contributed by atoms with Crippen LogP contribution >= 0.6 is 0 Å². The maximum atomic E-state index is 11.4. The summed E-state index contributed by atoms with van der Waals surface area (Å²) in [6.45, 7) is 5.01. The molecule has 0 aromatic rings. The molecule has 1 aliphatic rings. The summed E-state index contributed by atoms with van der Waals surface area (Å²) in [7, 11) is 3.83. The van der Waals surface area contributed by atoms with Crippen molar-refractivity contribution in [3.05, 3.63) is 0 Å². The van der Waals surface area contributed by atoms with E-state index in [-0.39, 0.29) is 5.91 Å². The van der Waals surface area contributed by atoms with Gasteiger partial charge in [0.2, 0.25) is 5.91 Å². The maximum absolute atomic E-state index is 11.4. The lowest BCUT2D eigenvalue weighted by atomic mass is 9.74. The van der Waals surface area contributed by atoms with Crippen molar-refractivity contribution in [2.24, 2.45) is 11.8 Å². The van der Waals surface area contributed by atoms with Gasteiger partial charge in [0.15, 0.2) is 0 Å². The van der Waals surface area contributed by atoms with Crippen LogP contribution in [-0.4, -0.2) is 37.5 Å². The molecule has 0 atom stereocenters. The zero-order valence-corrected chi connectivity index (χ0v) is 9.71. The number of nitrogens with zero attached hydrogens (tertiary/aromatic N) is 1. The molecule has 3 heteroatoms. The molecule has 1 fully saturated rings. The van der Waals surface area contributed by atoms with Crippen LogP contribution < -0.4 is 5.32 Å². The molecule has 0 saturated heterocycles. The zero-order chi connectivity index (χ0) is 10.7. The SMILES string of the molecule is CC(C)C1CC(NC(=O)CN(C)C)C1. The van der Waals surface area contributed by atoms with Gasteiger partial charge < -0.3 is 10.2 Å². The molecule has 1 aliphatic carbocycles. The van der Waals surface area contributed by atoms with E-state index in [0.717, 1.165) is 24.7 Å². The molecule has 82 valence electrons. The summed E-state index contributed by atoms with van der Waals surface area (Å²) < 4.78 is 0. The number of nitrogens with one attached hydrogen (secondary N) is 1. The first-order valence-electron chi connectivity index (χ1n) is 5.43. The number of amides is 1. The van der Waals surface area contributed by atoms with E-state index in [0.29, 0.717) is 12.6 Å². The second-order valence-corrected chi connectivity index (χ2v) is 4.98. The predicted octanol–water partition coefficient (Wildman–Crippen LogP) is 1.10. The van der Waals surface area contributed by atoms with Crippen LogP contribution in [0.3, 0.4) is 0 Å². The van der Waals surface area contributed by atoms with Gasteiger partial charge in [0, 0.05) is 6.04 Å². The van der Waals surface area contributed by atoms with Gasteiger partial charge in [-0.05, 0) is 38.8 Å². The fraction of sp³-hybridized carbons (Fsp3) is 0.909. The van der Waals surface area contributed by atoms with Gasteiger partial charge in [-0.3, -0.25) is 4.79 Å². The molecule has 1 amide bonds. The van der Waals surface area contributed by atoms with Crippen LogP contribution in [0.2, 0.25) is 0 Å². The first-order valence-corrected chi connectivity index (χ1v) is 5.43. The van der Waals surface area contributed by atoms with Crippen LogP contribution in [0.1, 0.15) is 26.7 Å². The van der Waals surface area contributed by atoms with E-state index >= 15 is 0 Å². The topological polar surface area (TPSA) is 32.3 Å². The van der Waals surface area contributed by atoms with Crippen LogP contribution in [-0.2, 0) is 4.79 Å². The highest BCUT2D eigenvalue weighted by Gasteiger charge is 2.31. The standard InChI is InChI=1S/C11H22N2O/c1-8(2)9-5-10(6-9)12-11(14)7-13(3)4/h8-10H,5-7H2,1-4H3,(H,12,14). The summed E-state index contributed by atoms with van der Waals surface area (Å²) in [5.41, 5.74) is 0. The monoisotopic (exact) mass is 198 g/mol. The lowest BCUT2D eigenvalue weighted by molar-refractivity contribution is -0.123. The first kappa shape index (κ1) is 11.5. The van der Waals surface area contributed by atoms with E-state index in [1.165, 1.54) is 0 Å². The van der Waals surface area contributed by atoms with E-state index in [2.05, 4.69) is 19.2 Å². The summed E-state index contributed by atoms with van der Waals surface area (Å²) >= 11 is 0. The van der Waals surface area contributed by atoms with Gasteiger partial charge in [-0.2, -0.15) is 0 Å². The van der Waals surface area contributed by atoms with E-state index in [4.69, 9.17) is 0 Å². The van der Waals surface area contributed by atoms with Crippen molar-refractivity contribution in [2.75, 3.05) is 20.6 Å². The van der Waals surface area contributed by atoms with E-state index < -0.39 is 0 Å². The molecular weight excluding hydrogens is 176 g/mol. The number of carbonyl (C=O) groups is 1. The van der Waals surface area contributed by atoms with Crippen molar-refractivity contribution in [2.45, 2.75) is 32.7 Å². The number of hydrogen-bond acceptors (Lipinski definition) is 2. The Hall–Kier alpha value is -0.570. The van der Waals surface area contributed by atoms with Gasteiger partial charge in [-0.1, -0.05) is 13.8 Å². The quantitative estimate of drug-likeness (QED) is 0.733. The van der Waals surface area contributed by atoms with Crippen molar-refractivity contribution < 1.29 is 4.79 Å². The molecule has 0 aliphatic heterocycles. The lowest BCUT2D eigenvalue weighted by Crippen LogP contribution is -2.48. The van der Waals surface area contributed by atoms with Crippen molar-refractivity contribution in [3.8, 4) is 0 Å². The van der Waals surface area contributed by atoms with Crippen LogP contribution in [0.15, 0.2) is 0 Å². The highest BCUT2D eigenvalue weighted by Crippen LogP contribution is 2.33. The van der Waals surface area contributed by atoms with Gasteiger partial charge in [-0.25, -0.2) is 0 Å². The fourth-order valence-electron chi connectivity index (χ4n) is 1.88. The molecule has 0 aromatic heterocycles. The normalized spacial score (nSPS) is 26.4. The van der Waals surface area contributed by atoms with Gasteiger partial charge in [-0.15, -0.1) is 0 Å². The number of rotatable bonds is 4. The molecular formula is C11H22N2O. The molecule has 1 saturated carbocycles. The minimum Gasteiger partial charge on any atom is -0.352 e. The predicted molar refractivity (Wildman–Crippen MR) is 58.0 cm³/mol. The summed E-state index contributed by atoms with van der Waals surface area (Å²) in [5.74, 6) is 1.74. The summed E-state index contributed by atoms with van der Waals surface area (Å²) in [4.78, 5) is 13.3. The van der Waals surface area contributed by atoms with Gasteiger partial charge in [0.25, 0.3) is 0 Å². The molecule has 0 heterocycles. The summed E-state index contributed by atoms with van der Waals surface area (Å²) in [6.07, 6.45) is 2.33. The van der Waals surface area contributed by atoms with E-state index in [9.17, 15) is 4.79 Å². The Morgan fingerprint density at radius 2 is 2.00 bits per heavy atom. The third-order valence-corrected chi connectivity index (χ3v) is 2.94. The Morgan fingerprint density at radius 1 is 1.43 bits per heavy atom. The molecule has 0 unspecified atom stereocenters. The van der Waals surface area contributed by atoms with Gasteiger partial charge >= 0.3 is 0 Å². The number of hydrogen-bond donors (Lipinski definition) is 1.